The summed E-state index contributed by atoms with van der Waals surface area (Å²) in [6, 6.07) is 3.29. The van der Waals surface area contributed by atoms with Crippen LogP contribution < -0.4 is 20.7 Å². The van der Waals surface area contributed by atoms with Gasteiger partial charge in [-0.3, -0.25) is 10.1 Å². The lowest BCUT2D eigenvalue weighted by Crippen LogP contribution is -2.40. The first-order valence-corrected chi connectivity index (χ1v) is 5.15. The highest BCUT2D eigenvalue weighted by atomic mass is 19.1. The molecule has 0 atom stereocenters. The van der Waals surface area contributed by atoms with E-state index in [9.17, 15) is 14.0 Å². The van der Waals surface area contributed by atoms with E-state index in [1.54, 1.807) is 0 Å². The normalized spacial score (nSPS) is 9.50. The number of halogens is 1. The van der Waals surface area contributed by atoms with Gasteiger partial charge in [0, 0.05) is 13.1 Å². The predicted molar refractivity (Wildman–Crippen MR) is 64.0 cm³/mol. The molecule has 0 spiro atoms. The van der Waals surface area contributed by atoms with Crippen LogP contribution in [0.1, 0.15) is 0 Å². The van der Waals surface area contributed by atoms with E-state index in [0.717, 1.165) is 0 Å². The van der Waals surface area contributed by atoms with Crippen molar-refractivity contribution in [3.05, 3.63) is 24.0 Å². The fourth-order valence-corrected chi connectivity index (χ4v) is 1.22. The lowest BCUT2D eigenvalue weighted by Gasteiger charge is -2.10. The highest BCUT2D eigenvalue weighted by molar-refractivity contribution is 5.96. The van der Waals surface area contributed by atoms with Gasteiger partial charge in [-0.25, -0.2) is 9.18 Å². The number of urea groups is 1. The molecule has 98 valence electrons. The Hall–Kier alpha value is -2.31. The third-order valence-corrected chi connectivity index (χ3v) is 2.08. The van der Waals surface area contributed by atoms with Gasteiger partial charge in [0.15, 0.2) is 0 Å². The number of carbonyl (C=O) groups is 2. The highest BCUT2D eigenvalue weighted by Crippen LogP contribution is 2.24. The van der Waals surface area contributed by atoms with Crippen molar-refractivity contribution in [3.8, 4) is 5.75 Å². The van der Waals surface area contributed by atoms with Crippen molar-refractivity contribution in [1.82, 2.24) is 10.6 Å². The smallest absolute Gasteiger partial charge is 0.321 e. The Morgan fingerprint density at radius 2 is 2.11 bits per heavy atom. The average molecular weight is 255 g/mol. The zero-order valence-corrected chi connectivity index (χ0v) is 10.0. The summed E-state index contributed by atoms with van der Waals surface area (Å²) in [4.78, 5) is 22.2. The first-order chi connectivity index (χ1) is 8.56. The van der Waals surface area contributed by atoms with Crippen molar-refractivity contribution in [2.75, 3.05) is 26.0 Å². The summed E-state index contributed by atoms with van der Waals surface area (Å²) in [6.07, 6.45) is 0. The largest absolute Gasteiger partial charge is 0.494 e. The first kappa shape index (κ1) is 13.8. The summed E-state index contributed by atoms with van der Waals surface area (Å²) in [5.74, 6) is -0.671. The number of rotatable bonds is 4. The number of anilines is 1. The molecule has 1 rings (SSSR count). The number of ether oxygens (including phenoxy) is 1. The van der Waals surface area contributed by atoms with E-state index < -0.39 is 17.8 Å². The van der Waals surface area contributed by atoms with Crippen molar-refractivity contribution >= 4 is 17.6 Å². The van der Waals surface area contributed by atoms with Gasteiger partial charge in [-0.1, -0.05) is 0 Å². The number of amides is 3. The van der Waals surface area contributed by atoms with Crippen molar-refractivity contribution in [1.29, 1.82) is 0 Å². The monoisotopic (exact) mass is 255 g/mol. The summed E-state index contributed by atoms with van der Waals surface area (Å²) < 4.78 is 17.9. The molecule has 6 nitrogen and oxygen atoms in total. The van der Waals surface area contributed by atoms with E-state index in [2.05, 4.69) is 16.0 Å². The Labute approximate surface area is 104 Å². The summed E-state index contributed by atoms with van der Waals surface area (Å²) in [6.45, 7) is -0.130. The Bertz CT molecular complexity index is 451. The Morgan fingerprint density at radius 3 is 2.72 bits per heavy atom. The molecule has 0 heterocycles. The van der Waals surface area contributed by atoms with Gasteiger partial charge in [-0.15, -0.1) is 0 Å². The second-order valence-corrected chi connectivity index (χ2v) is 3.33. The maximum absolute atomic E-state index is 12.9. The van der Waals surface area contributed by atoms with E-state index in [1.807, 2.05) is 0 Å². The molecule has 0 bridgehead atoms. The summed E-state index contributed by atoms with van der Waals surface area (Å²) in [7, 11) is 2.80. The molecular formula is C11H14FN3O3. The topological polar surface area (TPSA) is 79.5 Å². The summed E-state index contributed by atoms with van der Waals surface area (Å²) in [5, 5.41) is 7.07. The number of hydrogen-bond acceptors (Lipinski definition) is 4. The molecule has 0 saturated heterocycles. The standard InChI is InChI=1S/C11H14FN3O3/c1-13-11(17)15-10(16)6-14-8-4-3-7(12)5-9(8)18-2/h3-5,14H,6H2,1-2H3,(H2,13,15,16,17). The van der Waals surface area contributed by atoms with Crippen LogP contribution in [0.4, 0.5) is 14.9 Å². The number of imide groups is 1. The van der Waals surface area contributed by atoms with Crippen LogP contribution in [0.25, 0.3) is 0 Å². The zero-order chi connectivity index (χ0) is 13.5. The van der Waals surface area contributed by atoms with Crippen molar-refractivity contribution in [2.24, 2.45) is 0 Å². The van der Waals surface area contributed by atoms with Gasteiger partial charge in [-0.05, 0) is 12.1 Å². The van der Waals surface area contributed by atoms with Crippen LogP contribution in [-0.4, -0.2) is 32.6 Å². The first-order valence-electron chi connectivity index (χ1n) is 5.15. The molecule has 0 aliphatic heterocycles. The highest BCUT2D eigenvalue weighted by Gasteiger charge is 2.08. The van der Waals surface area contributed by atoms with Crippen LogP contribution in [0.5, 0.6) is 5.75 Å². The molecule has 0 saturated carbocycles. The SMILES string of the molecule is CNC(=O)NC(=O)CNc1ccc(F)cc1OC. The Balaban J connectivity index is 2.58. The van der Waals surface area contributed by atoms with Crippen LogP contribution in [0.15, 0.2) is 18.2 Å². The van der Waals surface area contributed by atoms with Gasteiger partial charge in [0.2, 0.25) is 5.91 Å². The van der Waals surface area contributed by atoms with E-state index in [1.165, 1.54) is 32.4 Å². The number of carbonyl (C=O) groups excluding carboxylic acids is 2. The molecule has 7 heteroatoms. The molecule has 18 heavy (non-hydrogen) atoms. The molecule has 0 unspecified atom stereocenters. The third-order valence-electron chi connectivity index (χ3n) is 2.08. The molecule has 0 aliphatic carbocycles. The van der Waals surface area contributed by atoms with Crippen molar-refractivity contribution < 1.29 is 18.7 Å². The number of methoxy groups -OCH3 is 1. The Kier molecular flexibility index (Phi) is 4.91. The van der Waals surface area contributed by atoms with E-state index in [0.29, 0.717) is 5.69 Å². The third kappa shape index (κ3) is 3.93. The number of nitrogens with one attached hydrogen (secondary N) is 3. The molecular weight excluding hydrogens is 241 g/mol. The summed E-state index contributed by atoms with van der Waals surface area (Å²) >= 11 is 0. The lowest BCUT2D eigenvalue weighted by molar-refractivity contribution is -0.118. The second-order valence-electron chi connectivity index (χ2n) is 3.33. The predicted octanol–water partition coefficient (Wildman–Crippen LogP) is 0.702. The van der Waals surface area contributed by atoms with Gasteiger partial charge in [0.25, 0.3) is 0 Å². The van der Waals surface area contributed by atoms with Crippen LogP contribution in [0.2, 0.25) is 0 Å². The maximum Gasteiger partial charge on any atom is 0.321 e. The number of benzene rings is 1. The summed E-state index contributed by atoms with van der Waals surface area (Å²) in [5.41, 5.74) is 0.464. The van der Waals surface area contributed by atoms with Crippen LogP contribution >= 0.6 is 0 Å². The van der Waals surface area contributed by atoms with Gasteiger partial charge in [0.1, 0.15) is 11.6 Å². The van der Waals surface area contributed by atoms with E-state index in [-0.39, 0.29) is 12.3 Å². The minimum Gasteiger partial charge on any atom is -0.494 e. The van der Waals surface area contributed by atoms with Gasteiger partial charge in [0.05, 0.1) is 19.3 Å². The molecule has 0 fully saturated rings. The van der Waals surface area contributed by atoms with Crippen molar-refractivity contribution in [2.45, 2.75) is 0 Å². The molecule has 3 amide bonds. The van der Waals surface area contributed by atoms with Crippen LogP contribution in [0.3, 0.4) is 0 Å². The molecule has 1 aromatic carbocycles. The van der Waals surface area contributed by atoms with Crippen molar-refractivity contribution in [3.63, 3.8) is 0 Å². The second kappa shape index (κ2) is 6.43. The maximum atomic E-state index is 12.9. The fraction of sp³-hybridized carbons (Fsp3) is 0.273. The number of hydrogen-bond donors (Lipinski definition) is 3. The molecule has 3 N–H and O–H groups in total. The lowest BCUT2D eigenvalue weighted by atomic mass is 10.3. The molecule has 0 radical (unpaired) electrons. The van der Waals surface area contributed by atoms with Crippen LogP contribution in [-0.2, 0) is 4.79 Å². The molecule has 1 aromatic rings. The minimum atomic E-state index is -0.590. The molecule has 0 aromatic heterocycles. The van der Waals surface area contributed by atoms with E-state index >= 15 is 0 Å². The minimum absolute atomic E-state index is 0.130. The zero-order valence-electron chi connectivity index (χ0n) is 10.0. The Morgan fingerprint density at radius 1 is 1.39 bits per heavy atom. The van der Waals surface area contributed by atoms with E-state index in [4.69, 9.17) is 4.74 Å². The van der Waals surface area contributed by atoms with Crippen LogP contribution in [0, 0.1) is 5.82 Å². The molecule has 0 aliphatic rings. The average Bonchev–Trinajstić information content (AvgIpc) is 2.36. The fourth-order valence-electron chi connectivity index (χ4n) is 1.22. The van der Waals surface area contributed by atoms with Gasteiger partial charge >= 0.3 is 6.03 Å². The quantitative estimate of drug-likeness (QED) is 0.740. The van der Waals surface area contributed by atoms with Gasteiger partial charge < -0.3 is 15.4 Å². The van der Waals surface area contributed by atoms with Gasteiger partial charge in [-0.2, -0.15) is 0 Å².